The summed E-state index contributed by atoms with van der Waals surface area (Å²) in [7, 11) is 0. The van der Waals surface area contributed by atoms with Crippen LogP contribution >= 0.6 is 11.8 Å². The summed E-state index contributed by atoms with van der Waals surface area (Å²) in [6, 6.07) is 5.47. The van der Waals surface area contributed by atoms with Crippen LogP contribution in [0.15, 0.2) is 29.2 Å². The van der Waals surface area contributed by atoms with Gasteiger partial charge >= 0.3 is 5.69 Å². The van der Waals surface area contributed by atoms with Gasteiger partial charge in [-0.3, -0.25) is 4.40 Å². The molecule has 92 valence electrons. The fourth-order valence-corrected chi connectivity index (χ4v) is 2.29. The van der Waals surface area contributed by atoms with Crippen LogP contribution in [0, 0.1) is 0 Å². The van der Waals surface area contributed by atoms with Crippen molar-refractivity contribution >= 4 is 17.4 Å². The highest BCUT2D eigenvalue weighted by molar-refractivity contribution is 7.99. The molecule has 2 aromatic rings. The minimum Gasteiger partial charge on any atom is -0.395 e. The maximum atomic E-state index is 11.9. The first kappa shape index (κ1) is 12.2. The van der Waals surface area contributed by atoms with Gasteiger partial charge in [0, 0.05) is 17.2 Å². The van der Waals surface area contributed by atoms with Crippen molar-refractivity contribution in [2.24, 2.45) is 0 Å². The first-order valence-electron chi connectivity index (χ1n) is 5.49. The maximum absolute atomic E-state index is 11.9. The van der Waals surface area contributed by atoms with Gasteiger partial charge in [0.05, 0.1) is 13.2 Å². The van der Waals surface area contributed by atoms with Gasteiger partial charge in [0.2, 0.25) is 0 Å². The van der Waals surface area contributed by atoms with Crippen LogP contribution < -0.4 is 5.69 Å². The molecule has 6 heteroatoms. The molecule has 0 saturated carbocycles. The van der Waals surface area contributed by atoms with E-state index in [0.29, 0.717) is 12.2 Å². The van der Waals surface area contributed by atoms with E-state index in [4.69, 9.17) is 5.11 Å². The van der Waals surface area contributed by atoms with E-state index in [0.717, 1.165) is 5.75 Å². The number of thioether (sulfide) groups is 1. The van der Waals surface area contributed by atoms with E-state index in [9.17, 15) is 4.79 Å². The summed E-state index contributed by atoms with van der Waals surface area (Å²) in [5.74, 6) is 0.769. The zero-order chi connectivity index (χ0) is 12.3. The van der Waals surface area contributed by atoms with Crippen molar-refractivity contribution in [3.63, 3.8) is 0 Å². The first-order valence-corrected chi connectivity index (χ1v) is 6.54. The van der Waals surface area contributed by atoms with Crippen LogP contribution in [0.1, 0.15) is 6.92 Å². The van der Waals surface area contributed by atoms with E-state index in [1.165, 1.54) is 9.08 Å². The quantitative estimate of drug-likeness (QED) is 0.848. The predicted octanol–water partition coefficient (Wildman–Crippen LogP) is 0.610. The molecule has 0 spiro atoms. The Morgan fingerprint density at radius 2 is 2.35 bits per heavy atom. The number of hydrogen-bond donors (Lipinski definition) is 1. The van der Waals surface area contributed by atoms with Gasteiger partial charge in [-0.05, 0) is 12.1 Å². The fourth-order valence-electron chi connectivity index (χ4n) is 1.51. The monoisotopic (exact) mass is 253 g/mol. The van der Waals surface area contributed by atoms with Crippen LogP contribution in [0.2, 0.25) is 0 Å². The lowest BCUT2D eigenvalue weighted by Crippen LogP contribution is -2.22. The molecule has 17 heavy (non-hydrogen) atoms. The number of aryl methyl sites for hydroxylation is 1. The van der Waals surface area contributed by atoms with Gasteiger partial charge in [-0.25, -0.2) is 9.48 Å². The average molecular weight is 253 g/mol. The Labute approximate surface area is 103 Å². The summed E-state index contributed by atoms with van der Waals surface area (Å²) in [6.45, 7) is 2.68. The van der Waals surface area contributed by atoms with Crippen molar-refractivity contribution in [1.82, 2.24) is 14.2 Å². The largest absolute Gasteiger partial charge is 0.395 e. The normalized spacial score (nSPS) is 13.1. The molecular weight excluding hydrogens is 238 g/mol. The number of rotatable bonds is 5. The van der Waals surface area contributed by atoms with Gasteiger partial charge in [0.15, 0.2) is 5.65 Å². The number of aromatic nitrogens is 3. The summed E-state index contributed by atoms with van der Waals surface area (Å²) in [4.78, 5) is 11.9. The second-order valence-corrected chi connectivity index (χ2v) is 5.34. The predicted molar refractivity (Wildman–Crippen MR) is 68.5 cm³/mol. The first-order chi connectivity index (χ1) is 8.22. The zero-order valence-corrected chi connectivity index (χ0v) is 10.4. The lowest BCUT2D eigenvalue weighted by molar-refractivity contribution is 0.300. The van der Waals surface area contributed by atoms with E-state index in [-0.39, 0.29) is 17.5 Å². The second-order valence-electron chi connectivity index (χ2n) is 3.80. The molecule has 0 amide bonds. The molecule has 0 radical (unpaired) electrons. The Balaban J connectivity index is 2.09. The van der Waals surface area contributed by atoms with Gasteiger partial charge in [-0.15, -0.1) is 5.10 Å². The van der Waals surface area contributed by atoms with Crippen LogP contribution in [0.25, 0.3) is 5.65 Å². The smallest absolute Gasteiger partial charge is 0.350 e. The SMILES string of the molecule is CC(CO)SCCn1nc2ccccn2c1=O. The number of aliphatic hydroxyl groups excluding tert-OH is 1. The number of hydrogen-bond acceptors (Lipinski definition) is 4. The zero-order valence-electron chi connectivity index (χ0n) is 9.61. The molecule has 0 saturated heterocycles. The molecule has 2 rings (SSSR count). The topological polar surface area (TPSA) is 59.5 Å². The van der Waals surface area contributed by atoms with Crippen molar-refractivity contribution in [3.8, 4) is 0 Å². The molecule has 1 atom stereocenters. The van der Waals surface area contributed by atoms with E-state index in [2.05, 4.69) is 5.10 Å². The molecule has 2 aromatic heterocycles. The fraction of sp³-hybridized carbons (Fsp3) is 0.455. The van der Waals surface area contributed by atoms with Crippen molar-refractivity contribution in [3.05, 3.63) is 34.9 Å². The lowest BCUT2D eigenvalue weighted by atomic mass is 10.5. The van der Waals surface area contributed by atoms with Gasteiger partial charge < -0.3 is 5.11 Å². The van der Waals surface area contributed by atoms with Crippen molar-refractivity contribution < 1.29 is 5.11 Å². The minimum atomic E-state index is -0.113. The summed E-state index contributed by atoms with van der Waals surface area (Å²) >= 11 is 1.63. The highest BCUT2D eigenvalue weighted by atomic mass is 32.2. The molecule has 1 unspecified atom stereocenters. The van der Waals surface area contributed by atoms with Crippen molar-refractivity contribution in [2.75, 3.05) is 12.4 Å². The van der Waals surface area contributed by atoms with Gasteiger partial charge in [-0.2, -0.15) is 11.8 Å². The average Bonchev–Trinajstić information content (AvgIpc) is 2.67. The summed E-state index contributed by atoms with van der Waals surface area (Å²) < 4.78 is 2.99. The molecule has 1 N–H and O–H groups in total. The Morgan fingerprint density at radius 3 is 3.06 bits per heavy atom. The van der Waals surface area contributed by atoms with Gasteiger partial charge in [0.1, 0.15) is 0 Å². The lowest BCUT2D eigenvalue weighted by Gasteiger charge is -2.06. The number of aliphatic hydroxyl groups is 1. The Kier molecular flexibility index (Phi) is 3.86. The third kappa shape index (κ3) is 2.70. The molecule has 0 bridgehead atoms. The van der Waals surface area contributed by atoms with E-state index >= 15 is 0 Å². The Morgan fingerprint density at radius 1 is 1.53 bits per heavy atom. The van der Waals surface area contributed by atoms with E-state index in [1.807, 2.05) is 19.1 Å². The van der Waals surface area contributed by atoms with E-state index < -0.39 is 0 Å². The number of nitrogens with zero attached hydrogens (tertiary/aromatic N) is 3. The van der Waals surface area contributed by atoms with Crippen LogP contribution in [0.5, 0.6) is 0 Å². The Hall–Kier alpha value is -1.27. The van der Waals surface area contributed by atoms with Crippen LogP contribution in [-0.4, -0.2) is 36.9 Å². The standard InChI is InChI=1S/C11H15N3O2S/c1-9(8-15)17-7-6-14-11(16)13-5-3-2-4-10(13)12-14/h2-5,9,15H,6-8H2,1H3. The van der Waals surface area contributed by atoms with Crippen LogP contribution in [0.4, 0.5) is 0 Å². The summed E-state index contributed by atoms with van der Waals surface area (Å²) in [5, 5.41) is 13.3. The molecule has 0 aliphatic rings. The summed E-state index contributed by atoms with van der Waals surface area (Å²) in [5.41, 5.74) is 0.551. The van der Waals surface area contributed by atoms with Crippen LogP contribution in [0.3, 0.4) is 0 Å². The van der Waals surface area contributed by atoms with Gasteiger partial charge in [-0.1, -0.05) is 13.0 Å². The molecule has 0 aliphatic carbocycles. The molecule has 0 fully saturated rings. The van der Waals surface area contributed by atoms with E-state index in [1.54, 1.807) is 24.0 Å². The molecule has 5 nitrogen and oxygen atoms in total. The number of fused-ring (bicyclic) bond motifs is 1. The molecule has 2 heterocycles. The minimum absolute atomic E-state index is 0.113. The number of pyridine rings is 1. The third-order valence-electron chi connectivity index (χ3n) is 2.45. The maximum Gasteiger partial charge on any atom is 0.350 e. The molecular formula is C11H15N3O2S. The Bertz CT molecular complexity index is 549. The highest BCUT2D eigenvalue weighted by Gasteiger charge is 2.06. The molecule has 0 aromatic carbocycles. The van der Waals surface area contributed by atoms with Crippen LogP contribution in [-0.2, 0) is 6.54 Å². The molecule has 0 aliphatic heterocycles. The van der Waals surface area contributed by atoms with Gasteiger partial charge in [0.25, 0.3) is 0 Å². The second kappa shape index (κ2) is 5.37. The summed E-state index contributed by atoms with van der Waals surface area (Å²) in [6.07, 6.45) is 1.71. The third-order valence-corrected chi connectivity index (χ3v) is 3.59. The van der Waals surface area contributed by atoms with Crippen molar-refractivity contribution in [2.45, 2.75) is 18.7 Å². The van der Waals surface area contributed by atoms with Crippen molar-refractivity contribution in [1.29, 1.82) is 0 Å². The highest BCUT2D eigenvalue weighted by Crippen LogP contribution is 2.09.